The SMILES string of the molecule is [2H]c1c([2H])c(-c2n[13c](N(C)S(C)(=O)=O)nc(C(C)C)c2/C=C/[C@@H](O)C[C@@H](O)CC(=O)[O-])c([2H])c([2H])c1F.[Na+]. The van der Waals surface area contributed by atoms with Gasteiger partial charge >= 0.3 is 29.6 Å². The molecule has 34 heavy (non-hydrogen) atoms. The Balaban J connectivity index is 0.00000722. The molecule has 180 valence electrons. The summed E-state index contributed by atoms with van der Waals surface area (Å²) in [5.74, 6) is -3.64. The fourth-order valence-electron chi connectivity index (χ4n) is 2.81. The van der Waals surface area contributed by atoms with Crippen LogP contribution in [0.1, 0.15) is 49.3 Å². The van der Waals surface area contributed by atoms with E-state index in [4.69, 9.17) is 5.48 Å². The van der Waals surface area contributed by atoms with E-state index < -0.39 is 76.1 Å². The van der Waals surface area contributed by atoms with E-state index in [1.807, 2.05) is 0 Å². The van der Waals surface area contributed by atoms with Crippen LogP contribution in [0.15, 0.2) is 30.2 Å². The van der Waals surface area contributed by atoms with Crippen LogP contribution in [0.25, 0.3) is 17.3 Å². The summed E-state index contributed by atoms with van der Waals surface area (Å²) in [6, 6.07) is -3.45. The van der Waals surface area contributed by atoms with Crippen LogP contribution < -0.4 is 39.0 Å². The zero-order valence-corrected chi connectivity index (χ0v) is 22.3. The van der Waals surface area contributed by atoms with Gasteiger partial charge in [0.05, 0.1) is 35.3 Å². The number of anilines is 1. The van der Waals surface area contributed by atoms with E-state index in [9.17, 15) is 32.9 Å². The molecule has 9 nitrogen and oxygen atoms in total. The summed E-state index contributed by atoms with van der Waals surface area (Å²) in [5.41, 5.74) is -0.383. The number of aliphatic hydroxyl groups excluding tert-OH is 2. The number of halogens is 1. The fraction of sp³-hybridized carbons (Fsp3) is 0.409. The van der Waals surface area contributed by atoms with Crippen molar-refractivity contribution in [3.8, 4) is 11.3 Å². The molecule has 0 aliphatic rings. The average molecular weight is 509 g/mol. The van der Waals surface area contributed by atoms with Gasteiger partial charge in [-0.15, -0.1) is 0 Å². The second-order valence-electron chi connectivity index (χ2n) is 7.64. The molecule has 2 N–H and O–H groups in total. The standard InChI is InChI=1S/C22H28FN3O6S.Na/c1-13(2)20-18(10-9-16(27)11-17(28)12-19(29)30)21(14-5-7-15(23)8-6-14)25-22(24-20)26(3)33(4,31)32;/h5-10,13,16-17,27-28H,11-12H2,1-4H3,(H,29,30);/q;+1/p-1/b10-9+;/t16-,17-;/m1./s1/i5D,6D,7D,8D,22+1;. The molecule has 1 heterocycles. The molecule has 2 atom stereocenters. The maximum Gasteiger partial charge on any atom is 1.00 e. The number of aliphatic carboxylic acids is 1. The van der Waals surface area contributed by atoms with Crippen LogP contribution in [0, 0.1) is 5.82 Å². The van der Waals surface area contributed by atoms with Crippen LogP contribution in [0.3, 0.4) is 0 Å². The molecule has 0 saturated heterocycles. The summed E-state index contributed by atoms with van der Waals surface area (Å²) < 4.78 is 71.6. The molecule has 2 aromatic rings. The van der Waals surface area contributed by atoms with Crippen molar-refractivity contribution in [3.05, 3.63) is 47.3 Å². The molecule has 0 unspecified atom stereocenters. The van der Waals surface area contributed by atoms with E-state index in [1.165, 1.54) is 19.2 Å². The normalized spacial score (nSPS) is 15.2. The van der Waals surface area contributed by atoms with E-state index in [-0.39, 0.29) is 58.9 Å². The van der Waals surface area contributed by atoms with Crippen molar-refractivity contribution < 1.29 is 68.0 Å². The monoisotopic (exact) mass is 508 g/mol. The van der Waals surface area contributed by atoms with E-state index in [0.717, 1.165) is 10.6 Å². The number of rotatable bonds is 10. The van der Waals surface area contributed by atoms with E-state index in [2.05, 4.69) is 9.97 Å². The fourth-order valence-corrected chi connectivity index (χ4v) is 3.19. The number of benzene rings is 1. The Morgan fingerprint density at radius 3 is 2.35 bits per heavy atom. The van der Waals surface area contributed by atoms with Gasteiger partial charge in [-0.25, -0.2) is 27.1 Å². The van der Waals surface area contributed by atoms with Crippen LogP contribution in [0.5, 0.6) is 0 Å². The van der Waals surface area contributed by atoms with Crippen molar-refractivity contribution in [1.82, 2.24) is 9.97 Å². The molecule has 0 bridgehead atoms. The van der Waals surface area contributed by atoms with Crippen molar-refractivity contribution in [3.63, 3.8) is 0 Å². The topological polar surface area (TPSA) is 144 Å². The van der Waals surface area contributed by atoms with Gasteiger partial charge in [0.1, 0.15) is 5.82 Å². The molecule has 0 fully saturated rings. The van der Waals surface area contributed by atoms with Gasteiger partial charge in [0, 0.05) is 37.0 Å². The van der Waals surface area contributed by atoms with Crippen LogP contribution in [-0.2, 0) is 14.8 Å². The predicted octanol–water partition coefficient (Wildman–Crippen LogP) is -1.93. The maximum atomic E-state index is 14.2. The quantitative estimate of drug-likeness (QED) is 0.353. The molecule has 0 amide bonds. The molecule has 1 aromatic carbocycles. The number of nitrogens with zero attached hydrogens (tertiary/aromatic N) is 3. The molecule has 1 aromatic heterocycles. The Morgan fingerprint density at radius 2 is 1.85 bits per heavy atom. The molecule has 0 spiro atoms. The van der Waals surface area contributed by atoms with E-state index in [0.29, 0.717) is 0 Å². The third-order valence-electron chi connectivity index (χ3n) is 4.52. The summed E-state index contributed by atoms with van der Waals surface area (Å²) in [7, 11) is -2.68. The summed E-state index contributed by atoms with van der Waals surface area (Å²) >= 11 is 0. The predicted molar refractivity (Wildman–Crippen MR) is 120 cm³/mol. The third kappa shape index (κ3) is 8.40. The molecule has 2 rings (SSSR count). The van der Waals surface area contributed by atoms with Gasteiger partial charge in [-0.05, 0) is 30.1 Å². The Kier molecular flexibility index (Phi) is 8.91. The number of aromatic nitrogens is 2. The van der Waals surface area contributed by atoms with E-state index >= 15 is 0 Å². The number of carboxylic acids is 1. The van der Waals surface area contributed by atoms with Gasteiger partial charge in [-0.2, -0.15) is 0 Å². The Hall–Kier alpha value is -1.89. The van der Waals surface area contributed by atoms with Crippen molar-refractivity contribution >= 4 is 28.0 Å². The second-order valence-corrected chi connectivity index (χ2v) is 9.65. The van der Waals surface area contributed by atoms with Crippen molar-refractivity contribution in [1.29, 1.82) is 0 Å². The molecule has 0 radical (unpaired) electrons. The summed E-state index contributed by atoms with van der Waals surface area (Å²) in [6.45, 7) is 3.40. The smallest absolute Gasteiger partial charge is 0.550 e. The third-order valence-corrected chi connectivity index (χ3v) is 5.68. The Labute approximate surface area is 226 Å². The van der Waals surface area contributed by atoms with Gasteiger partial charge in [-0.3, -0.25) is 0 Å². The van der Waals surface area contributed by atoms with Gasteiger partial charge in [0.2, 0.25) is 16.0 Å². The van der Waals surface area contributed by atoms with Crippen molar-refractivity contribution in [2.75, 3.05) is 17.6 Å². The summed E-state index contributed by atoms with van der Waals surface area (Å²) in [4.78, 5) is 19.2. The first kappa shape index (κ1) is 23.8. The molecular weight excluding hydrogens is 477 g/mol. The van der Waals surface area contributed by atoms with Gasteiger partial charge < -0.3 is 20.1 Å². The minimum atomic E-state index is -3.86. The van der Waals surface area contributed by atoms with Gasteiger partial charge in [0.15, 0.2) is 0 Å². The summed E-state index contributed by atoms with van der Waals surface area (Å²) in [5, 5.41) is 30.7. The minimum Gasteiger partial charge on any atom is -0.550 e. The first-order valence-corrected chi connectivity index (χ1v) is 11.7. The maximum absolute atomic E-state index is 14.2. The zero-order chi connectivity index (χ0) is 28.4. The minimum absolute atomic E-state index is 0. The van der Waals surface area contributed by atoms with Crippen molar-refractivity contribution in [2.24, 2.45) is 0 Å². The number of hydrogen-bond acceptors (Lipinski definition) is 8. The summed E-state index contributed by atoms with van der Waals surface area (Å²) in [6.07, 6.45) is -0.498. The molecule has 0 aliphatic carbocycles. The number of hydrogen-bond donors (Lipinski definition) is 2. The first-order valence-electron chi connectivity index (χ1n) is 11.8. The van der Waals surface area contributed by atoms with Crippen LogP contribution in [0.4, 0.5) is 10.3 Å². The van der Waals surface area contributed by atoms with Crippen LogP contribution >= 0.6 is 0 Å². The number of aliphatic hydroxyl groups is 2. The number of carbonyl (C=O) groups excluding carboxylic acids is 1. The number of sulfonamides is 1. The Bertz CT molecular complexity index is 1320. The van der Waals surface area contributed by atoms with Gasteiger partial charge in [-0.1, -0.05) is 26.0 Å². The first-order chi connectivity index (χ1) is 17.0. The molecule has 0 saturated carbocycles. The molecule has 0 aliphatic heterocycles. The second kappa shape index (κ2) is 12.7. The van der Waals surface area contributed by atoms with Crippen LogP contribution in [0.2, 0.25) is 0 Å². The van der Waals surface area contributed by atoms with Crippen LogP contribution in [-0.4, -0.2) is 60.1 Å². The van der Waals surface area contributed by atoms with Crippen molar-refractivity contribution in [2.45, 2.75) is 44.8 Å². The average Bonchev–Trinajstić information content (AvgIpc) is 2.78. The number of carbonyl (C=O) groups is 1. The largest absolute Gasteiger partial charge is 1.00 e. The number of carboxylic acid groups (broad SMARTS) is 1. The van der Waals surface area contributed by atoms with Gasteiger partial charge in [0.25, 0.3) is 0 Å². The van der Waals surface area contributed by atoms with E-state index in [1.54, 1.807) is 13.8 Å². The molecule has 12 heteroatoms. The molecular formula is C22H27FN3NaO6S. The zero-order valence-electron chi connectivity index (χ0n) is 23.5. The Morgan fingerprint density at radius 1 is 1.26 bits per heavy atom.